The molecule has 4 aromatic rings. The summed E-state index contributed by atoms with van der Waals surface area (Å²) in [5.41, 5.74) is 6.11. The number of rotatable bonds is 4. The van der Waals surface area contributed by atoms with Crippen LogP contribution in [-0.4, -0.2) is 60.3 Å². The molecule has 40 heavy (non-hydrogen) atoms. The number of carboxylic acids is 2. The third kappa shape index (κ3) is 8.26. The van der Waals surface area contributed by atoms with Crippen LogP contribution >= 0.6 is 11.3 Å². The van der Waals surface area contributed by atoms with Crippen molar-refractivity contribution in [1.29, 1.82) is 0 Å². The maximum Gasteiger partial charge on any atom is 0.490 e. The van der Waals surface area contributed by atoms with E-state index in [1.165, 1.54) is 29.6 Å². The number of likely N-dealkylation sites (tertiary alicyclic amines) is 1. The monoisotopic (exact) mass is 588 g/mol. The average Bonchev–Trinajstić information content (AvgIpc) is 3.65. The van der Waals surface area contributed by atoms with Crippen molar-refractivity contribution in [2.45, 2.75) is 37.8 Å². The lowest BCUT2D eigenvalue weighted by Gasteiger charge is -2.23. The van der Waals surface area contributed by atoms with Gasteiger partial charge in [-0.2, -0.15) is 37.7 Å². The molecular weight excluding hydrogens is 566 g/mol. The maximum absolute atomic E-state index is 10.6. The summed E-state index contributed by atoms with van der Waals surface area (Å²) in [6.07, 6.45) is 0.0630. The van der Waals surface area contributed by atoms with Gasteiger partial charge >= 0.3 is 24.3 Å². The molecule has 1 unspecified atom stereocenters. The van der Waals surface area contributed by atoms with Gasteiger partial charge in [-0.1, -0.05) is 12.1 Å². The van der Waals surface area contributed by atoms with Crippen LogP contribution in [0.15, 0.2) is 66.0 Å². The molecular formula is C25H22F6N4O4S. The number of aliphatic carboxylic acids is 2. The molecule has 4 aromatic heterocycles. The van der Waals surface area contributed by atoms with Crippen LogP contribution in [-0.2, 0) is 16.1 Å². The van der Waals surface area contributed by atoms with E-state index in [1.807, 2.05) is 18.6 Å². The number of fused-ring (bicyclic) bond motifs is 1. The SMILES string of the molecule is O=C(O)C(F)(F)F.O=C(O)C(F)(F)F.c1cncc(-c2ccc3c(C4CCCN4Cc4ccsc4)ncn3c2)c1. The van der Waals surface area contributed by atoms with Gasteiger partial charge in [0.2, 0.25) is 0 Å². The second kappa shape index (κ2) is 12.9. The minimum absolute atomic E-state index is 0.407. The van der Waals surface area contributed by atoms with Gasteiger partial charge < -0.3 is 14.6 Å². The van der Waals surface area contributed by atoms with E-state index in [-0.39, 0.29) is 0 Å². The molecule has 1 aliphatic heterocycles. The smallest absolute Gasteiger partial charge is 0.475 e. The number of thiophene rings is 1. The van der Waals surface area contributed by atoms with Crippen molar-refractivity contribution in [3.05, 3.63) is 77.3 Å². The van der Waals surface area contributed by atoms with Gasteiger partial charge in [-0.05, 0) is 59.5 Å². The summed E-state index contributed by atoms with van der Waals surface area (Å²) < 4.78 is 65.6. The number of hydrogen-bond acceptors (Lipinski definition) is 6. The summed E-state index contributed by atoms with van der Waals surface area (Å²) in [6, 6.07) is 11.1. The molecule has 8 nitrogen and oxygen atoms in total. The minimum Gasteiger partial charge on any atom is -0.475 e. The van der Waals surface area contributed by atoms with Crippen LogP contribution in [0, 0.1) is 0 Å². The van der Waals surface area contributed by atoms with Gasteiger partial charge in [0.1, 0.15) is 0 Å². The average molecular weight is 589 g/mol. The van der Waals surface area contributed by atoms with Crippen molar-refractivity contribution >= 4 is 28.8 Å². The van der Waals surface area contributed by atoms with E-state index in [2.05, 4.69) is 55.5 Å². The number of imidazole rings is 1. The number of halogens is 6. The number of pyridine rings is 2. The van der Waals surface area contributed by atoms with Gasteiger partial charge in [0.05, 0.1) is 23.6 Å². The fraction of sp³-hybridized carbons (Fsp3) is 0.280. The van der Waals surface area contributed by atoms with E-state index in [9.17, 15) is 26.3 Å². The Kier molecular flexibility index (Phi) is 9.87. The quantitative estimate of drug-likeness (QED) is 0.279. The van der Waals surface area contributed by atoms with Crippen LogP contribution in [0.2, 0.25) is 0 Å². The van der Waals surface area contributed by atoms with Crippen molar-refractivity contribution in [2.75, 3.05) is 6.54 Å². The van der Waals surface area contributed by atoms with Gasteiger partial charge in [0, 0.05) is 30.7 Å². The van der Waals surface area contributed by atoms with Crippen LogP contribution in [0.1, 0.15) is 30.1 Å². The second-order valence-electron chi connectivity index (χ2n) is 8.45. The summed E-state index contributed by atoms with van der Waals surface area (Å²) >= 11 is 1.77. The van der Waals surface area contributed by atoms with Crippen molar-refractivity contribution in [1.82, 2.24) is 19.3 Å². The third-order valence-electron chi connectivity index (χ3n) is 5.69. The first-order valence-electron chi connectivity index (χ1n) is 11.5. The van der Waals surface area contributed by atoms with E-state index >= 15 is 0 Å². The number of carboxylic acid groups (broad SMARTS) is 2. The highest BCUT2D eigenvalue weighted by Gasteiger charge is 2.39. The number of aromatic nitrogens is 3. The summed E-state index contributed by atoms with van der Waals surface area (Å²) in [4.78, 5) is 29.4. The first-order valence-corrected chi connectivity index (χ1v) is 12.4. The van der Waals surface area contributed by atoms with Crippen molar-refractivity contribution in [3.8, 4) is 11.1 Å². The highest BCUT2D eigenvalue weighted by molar-refractivity contribution is 7.07. The Hall–Kier alpha value is -3.98. The summed E-state index contributed by atoms with van der Waals surface area (Å²) in [5.74, 6) is -5.51. The maximum atomic E-state index is 10.6. The van der Waals surface area contributed by atoms with Gasteiger partial charge in [0.25, 0.3) is 0 Å². The number of carbonyl (C=O) groups is 2. The second-order valence-corrected chi connectivity index (χ2v) is 9.23. The zero-order valence-electron chi connectivity index (χ0n) is 20.4. The summed E-state index contributed by atoms with van der Waals surface area (Å²) in [6.45, 7) is 2.16. The highest BCUT2D eigenvalue weighted by atomic mass is 32.1. The number of alkyl halides is 6. The molecule has 0 aromatic carbocycles. The molecule has 1 saturated heterocycles. The van der Waals surface area contributed by atoms with E-state index < -0.39 is 24.3 Å². The zero-order valence-corrected chi connectivity index (χ0v) is 21.2. The molecule has 5 heterocycles. The van der Waals surface area contributed by atoms with E-state index in [0.717, 1.165) is 24.2 Å². The molecule has 5 rings (SSSR count). The van der Waals surface area contributed by atoms with Gasteiger partial charge in [-0.15, -0.1) is 0 Å². The molecule has 0 bridgehead atoms. The van der Waals surface area contributed by atoms with Crippen LogP contribution in [0.5, 0.6) is 0 Å². The van der Waals surface area contributed by atoms with E-state index in [4.69, 9.17) is 24.8 Å². The van der Waals surface area contributed by atoms with Crippen molar-refractivity contribution in [3.63, 3.8) is 0 Å². The standard InChI is InChI=1S/C21H20N4S.2C2HF3O2/c1-3-17(11-22-8-1)18-5-6-20-21(23-15-25(20)13-18)19-4-2-9-24(19)12-16-7-10-26-14-16;2*3-2(4,5)1(6)7/h1,3,5-8,10-11,13-15,19H,2,4,9,12H2;2*(H,6,7). The fourth-order valence-corrected chi connectivity index (χ4v) is 4.58. The van der Waals surface area contributed by atoms with Crippen LogP contribution in [0.4, 0.5) is 26.3 Å². The normalized spacial score (nSPS) is 15.6. The third-order valence-corrected chi connectivity index (χ3v) is 6.42. The predicted molar refractivity (Wildman–Crippen MR) is 133 cm³/mol. The molecule has 0 saturated carbocycles. The van der Waals surface area contributed by atoms with Crippen LogP contribution in [0.25, 0.3) is 16.6 Å². The first-order chi connectivity index (χ1) is 18.8. The number of nitrogens with zero attached hydrogens (tertiary/aromatic N) is 4. The molecule has 0 aliphatic carbocycles. The Morgan fingerprint density at radius 3 is 2.23 bits per heavy atom. The lowest BCUT2D eigenvalue weighted by Crippen LogP contribution is -2.22. The fourth-order valence-electron chi connectivity index (χ4n) is 3.92. The van der Waals surface area contributed by atoms with Gasteiger partial charge in [-0.25, -0.2) is 14.6 Å². The van der Waals surface area contributed by atoms with Gasteiger partial charge in [-0.3, -0.25) is 9.88 Å². The van der Waals surface area contributed by atoms with Crippen molar-refractivity contribution < 1.29 is 46.1 Å². The minimum atomic E-state index is -5.08. The Balaban J connectivity index is 0.000000263. The molecule has 1 aliphatic rings. The lowest BCUT2D eigenvalue weighted by molar-refractivity contribution is -0.193. The first kappa shape index (κ1) is 30.6. The molecule has 15 heteroatoms. The molecule has 0 amide bonds. The van der Waals surface area contributed by atoms with E-state index in [1.54, 1.807) is 17.5 Å². The Bertz CT molecular complexity index is 1380. The number of hydrogen-bond donors (Lipinski definition) is 2. The van der Waals surface area contributed by atoms with Crippen LogP contribution < -0.4 is 0 Å². The summed E-state index contributed by atoms with van der Waals surface area (Å²) in [7, 11) is 0. The Labute approximate surface area is 227 Å². The Morgan fingerprint density at radius 1 is 1.00 bits per heavy atom. The molecule has 214 valence electrons. The largest absolute Gasteiger partial charge is 0.490 e. The molecule has 2 N–H and O–H groups in total. The van der Waals surface area contributed by atoms with Crippen LogP contribution in [0.3, 0.4) is 0 Å². The predicted octanol–water partition coefficient (Wildman–Crippen LogP) is 6.06. The lowest BCUT2D eigenvalue weighted by atomic mass is 10.1. The van der Waals surface area contributed by atoms with Crippen molar-refractivity contribution in [2.24, 2.45) is 0 Å². The highest BCUT2D eigenvalue weighted by Crippen LogP contribution is 2.35. The Morgan fingerprint density at radius 2 is 1.68 bits per heavy atom. The molecule has 0 radical (unpaired) electrons. The molecule has 0 spiro atoms. The topological polar surface area (TPSA) is 108 Å². The molecule has 1 fully saturated rings. The zero-order chi connectivity index (χ0) is 29.5. The van der Waals surface area contributed by atoms with E-state index in [0.29, 0.717) is 6.04 Å². The van der Waals surface area contributed by atoms with Gasteiger partial charge in [0.15, 0.2) is 0 Å². The summed E-state index contributed by atoms with van der Waals surface area (Å²) in [5, 5.41) is 18.7. The molecule has 1 atom stereocenters.